The molecule has 0 aliphatic rings. The molecule has 1 amide bonds. The van der Waals surface area contributed by atoms with Crippen LogP contribution in [-0.4, -0.2) is 35.1 Å². The van der Waals surface area contributed by atoms with Crippen LogP contribution >= 0.6 is 0 Å². The zero-order valence-corrected chi connectivity index (χ0v) is 14.1. The first kappa shape index (κ1) is 17.8. The molecule has 0 saturated heterocycles. The van der Waals surface area contributed by atoms with Crippen LogP contribution in [-0.2, 0) is 21.4 Å². The first-order valence-electron chi connectivity index (χ1n) is 6.97. The summed E-state index contributed by atoms with van der Waals surface area (Å²) in [6, 6.07) is 7.77. The fraction of sp³-hybridized carbons (Fsp3) is 0.267. The molecule has 2 aromatic rings. The summed E-state index contributed by atoms with van der Waals surface area (Å²) >= 11 is 0. The molecule has 0 bridgehead atoms. The maximum Gasteiger partial charge on any atom is 0.244 e. The van der Waals surface area contributed by atoms with E-state index in [4.69, 9.17) is 13.9 Å². The van der Waals surface area contributed by atoms with E-state index in [0.29, 0.717) is 11.5 Å². The number of ether oxygens (including phenoxy) is 2. The fourth-order valence-electron chi connectivity index (χ4n) is 1.89. The van der Waals surface area contributed by atoms with Gasteiger partial charge in [-0.05, 0) is 24.3 Å². The van der Waals surface area contributed by atoms with E-state index in [1.54, 1.807) is 18.2 Å². The third-order valence-electron chi connectivity index (χ3n) is 3.12. The van der Waals surface area contributed by atoms with Crippen molar-refractivity contribution in [3.63, 3.8) is 0 Å². The molecule has 2 N–H and O–H groups in total. The molecule has 0 saturated carbocycles. The second-order valence-electron chi connectivity index (χ2n) is 4.70. The first-order chi connectivity index (χ1) is 11.5. The SMILES string of the molecule is COc1ccc(OC)c(S(=O)(=O)NCC(=O)NCc2ccco2)c1. The standard InChI is InChI=1S/C15H18N2O6S/c1-21-11-5-6-13(22-2)14(8-11)24(19,20)17-10-15(18)16-9-12-4-3-7-23-12/h3-8,17H,9-10H2,1-2H3,(H,16,18). The number of carbonyl (C=O) groups is 1. The van der Waals surface area contributed by atoms with Crippen molar-refractivity contribution in [1.82, 2.24) is 10.0 Å². The van der Waals surface area contributed by atoms with E-state index in [9.17, 15) is 13.2 Å². The third-order valence-corrected chi connectivity index (χ3v) is 4.55. The van der Waals surface area contributed by atoms with Gasteiger partial charge in [0.1, 0.15) is 22.2 Å². The van der Waals surface area contributed by atoms with Crippen molar-refractivity contribution in [2.45, 2.75) is 11.4 Å². The molecule has 0 atom stereocenters. The van der Waals surface area contributed by atoms with Crippen LogP contribution in [0.1, 0.15) is 5.76 Å². The monoisotopic (exact) mass is 354 g/mol. The predicted molar refractivity (Wildman–Crippen MR) is 85.3 cm³/mol. The zero-order chi connectivity index (χ0) is 17.6. The van der Waals surface area contributed by atoms with E-state index in [-0.39, 0.29) is 17.2 Å². The molecule has 0 radical (unpaired) electrons. The Morgan fingerprint density at radius 1 is 1.21 bits per heavy atom. The molecule has 0 fully saturated rings. The van der Waals surface area contributed by atoms with Gasteiger partial charge in [-0.2, -0.15) is 0 Å². The lowest BCUT2D eigenvalue weighted by Crippen LogP contribution is -2.36. The van der Waals surface area contributed by atoms with Gasteiger partial charge >= 0.3 is 0 Å². The lowest BCUT2D eigenvalue weighted by molar-refractivity contribution is -0.120. The van der Waals surface area contributed by atoms with Crippen LogP contribution in [0.2, 0.25) is 0 Å². The summed E-state index contributed by atoms with van der Waals surface area (Å²) in [5.41, 5.74) is 0. The number of hydrogen-bond donors (Lipinski definition) is 2. The van der Waals surface area contributed by atoms with Crippen molar-refractivity contribution < 1.29 is 27.1 Å². The fourth-order valence-corrected chi connectivity index (χ4v) is 3.06. The number of rotatable bonds is 8. The van der Waals surface area contributed by atoms with Gasteiger partial charge in [0.05, 0.1) is 33.6 Å². The quantitative estimate of drug-likeness (QED) is 0.729. The van der Waals surface area contributed by atoms with Gasteiger partial charge in [0.2, 0.25) is 15.9 Å². The van der Waals surface area contributed by atoms with E-state index >= 15 is 0 Å². The number of methoxy groups -OCH3 is 2. The highest BCUT2D eigenvalue weighted by Crippen LogP contribution is 2.27. The lowest BCUT2D eigenvalue weighted by atomic mass is 10.3. The van der Waals surface area contributed by atoms with Crippen molar-refractivity contribution in [3.8, 4) is 11.5 Å². The molecule has 0 unspecified atom stereocenters. The average Bonchev–Trinajstić information content (AvgIpc) is 3.11. The summed E-state index contributed by atoms with van der Waals surface area (Å²) in [5.74, 6) is 0.593. The van der Waals surface area contributed by atoms with Gasteiger partial charge in [0, 0.05) is 6.07 Å². The van der Waals surface area contributed by atoms with Crippen LogP contribution in [0, 0.1) is 0 Å². The average molecular weight is 354 g/mol. The second-order valence-corrected chi connectivity index (χ2v) is 6.43. The van der Waals surface area contributed by atoms with Crippen LogP contribution in [0.15, 0.2) is 45.9 Å². The number of furan rings is 1. The molecule has 8 nitrogen and oxygen atoms in total. The van der Waals surface area contributed by atoms with Gasteiger partial charge in [0.25, 0.3) is 0 Å². The van der Waals surface area contributed by atoms with Crippen LogP contribution in [0.5, 0.6) is 11.5 Å². The van der Waals surface area contributed by atoms with Gasteiger partial charge in [-0.25, -0.2) is 13.1 Å². The molecule has 2 rings (SSSR count). The summed E-state index contributed by atoms with van der Waals surface area (Å²) in [6.07, 6.45) is 1.49. The zero-order valence-electron chi connectivity index (χ0n) is 13.2. The Morgan fingerprint density at radius 2 is 2.00 bits per heavy atom. The summed E-state index contributed by atoms with van der Waals surface area (Å²) in [5, 5.41) is 2.54. The van der Waals surface area contributed by atoms with Crippen molar-refractivity contribution >= 4 is 15.9 Å². The summed E-state index contributed by atoms with van der Waals surface area (Å²) in [4.78, 5) is 11.6. The minimum absolute atomic E-state index is 0.108. The normalized spacial score (nSPS) is 11.1. The van der Waals surface area contributed by atoms with E-state index in [1.807, 2.05) is 0 Å². The third kappa shape index (κ3) is 4.49. The number of nitrogens with one attached hydrogen (secondary N) is 2. The van der Waals surface area contributed by atoms with Crippen LogP contribution < -0.4 is 19.5 Å². The molecule has 0 aliphatic heterocycles. The van der Waals surface area contributed by atoms with Gasteiger partial charge in [0.15, 0.2) is 0 Å². The Hall–Kier alpha value is -2.52. The highest BCUT2D eigenvalue weighted by molar-refractivity contribution is 7.89. The molecule has 130 valence electrons. The van der Waals surface area contributed by atoms with Gasteiger partial charge < -0.3 is 19.2 Å². The van der Waals surface area contributed by atoms with Gasteiger partial charge in [-0.1, -0.05) is 0 Å². The van der Waals surface area contributed by atoms with Gasteiger partial charge in [-0.3, -0.25) is 4.79 Å². The number of amides is 1. The van der Waals surface area contributed by atoms with Crippen molar-refractivity contribution in [2.24, 2.45) is 0 Å². The van der Waals surface area contributed by atoms with Crippen LogP contribution in [0.4, 0.5) is 0 Å². The predicted octanol–water partition coefficient (Wildman–Crippen LogP) is 0.891. The van der Waals surface area contributed by atoms with Gasteiger partial charge in [-0.15, -0.1) is 0 Å². The Kier molecular flexibility index (Phi) is 5.83. The largest absolute Gasteiger partial charge is 0.497 e. The summed E-state index contributed by atoms with van der Waals surface area (Å²) in [6.45, 7) is -0.237. The topological polar surface area (TPSA) is 107 Å². The Labute approximate surface area is 139 Å². The minimum Gasteiger partial charge on any atom is -0.497 e. The number of benzene rings is 1. The first-order valence-corrected chi connectivity index (χ1v) is 8.45. The number of hydrogen-bond acceptors (Lipinski definition) is 6. The van der Waals surface area contributed by atoms with Crippen LogP contribution in [0.25, 0.3) is 0 Å². The molecule has 1 aromatic carbocycles. The second kappa shape index (κ2) is 7.84. The van der Waals surface area contributed by atoms with Crippen LogP contribution in [0.3, 0.4) is 0 Å². The molecular formula is C15H18N2O6S. The lowest BCUT2D eigenvalue weighted by Gasteiger charge is -2.12. The Balaban J connectivity index is 2.01. The highest BCUT2D eigenvalue weighted by atomic mass is 32.2. The van der Waals surface area contributed by atoms with Crippen molar-refractivity contribution in [1.29, 1.82) is 0 Å². The molecule has 0 aliphatic carbocycles. The molecule has 1 aromatic heterocycles. The maximum atomic E-state index is 12.4. The molecule has 0 spiro atoms. The molecular weight excluding hydrogens is 336 g/mol. The number of carbonyl (C=O) groups excluding carboxylic acids is 1. The molecule has 9 heteroatoms. The van der Waals surface area contributed by atoms with E-state index in [2.05, 4.69) is 10.0 Å². The van der Waals surface area contributed by atoms with E-state index < -0.39 is 22.5 Å². The van der Waals surface area contributed by atoms with E-state index in [1.165, 1.54) is 32.6 Å². The maximum absolute atomic E-state index is 12.4. The van der Waals surface area contributed by atoms with Crippen molar-refractivity contribution in [2.75, 3.05) is 20.8 Å². The number of sulfonamides is 1. The molecule has 24 heavy (non-hydrogen) atoms. The minimum atomic E-state index is -3.94. The van der Waals surface area contributed by atoms with E-state index in [0.717, 1.165) is 0 Å². The summed E-state index contributed by atoms with van der Waals surface area (Å²) in [7, 11) is -1.16. The van der Waals surface area contributed by atoms with Crippen molar-refractivity contribution in [3.05, 3.63) is 42.4 Å². The smallest absolute Gasteiger partial charge is 0.244 e. The molecule has 1 heterocycles. The Bertz CT molecular complexity index is 786. The summed E-state index contributed by atoms with van der Waals surface area (Å²) < 4.78 is 42.1. The highest BCUT2D eigenvalue weighted by Gasteiger charge is 2.21. The Morgan fingerprint density at radius 3 is 2.62 bits per heavy atom.